The third-order valence-corrected chi connectivity index (χ3v) is 5.73. The van der Waals surface area contributed by atoms with Gasteiger partial charge >= 0.3 is 0 Å². The Hall–Kier alpha value is -3.99. The van der Waals surface area contributed by atoms with Crippen LogP contribution in [0.2, 0.25) is 0 Å². The molecular weight excluding hydrogens is 421 g/mol. The molecule has 11 heteroatoms. The van der Waals surface area contributed by atoms with Crippen molar-refractivity contribution >= 4 is 55.1 Å². The molecule has 3 heterocycles. The summed E-state index contributed by atoms with van der Waals surface area (Å²) in [5, 5.41) is 14.5. The van der Waals surface area contributed by atoms with Crippen LogP contribution in [0.4, 0.5) is 27.7 Å². The van der Waals surface area contributed by atoms with E-state index < -0.39 is 10.0 Å². The molecule has 0 saturated carbocycles. The van der Waals surface area contributed by atoms with Gasteiger partial charge in [-0.1, -0.05) is 0 Å². The second-order valence-electron chi connectivity index (χ2n) is 6.93. The standard InChI is InChI=1S/C20H16FN7O2S/c1-31(29,30)28-9-7-12-10-14(3-5-17(12)28)23-20-22-8-6-18(25-20)24-19-15-11-13(21)2-4-16(15)26-27-19/h2-11H,1H3,(H3,22,23,24,25,26,27). The Labute approximate surface area is 176 Å². The maximum absolute atomic E-state index is 13.6. The first-order valence-electron chi connectivity index (χ1n) is 9.19. The van der Waals surface area contributed by atoms with E-state index in [9.17, 15) is 12.8 Å². The third-order valence-electron chi connectivity index (χ3n) is 4.69. The first-order chi connectivity index (χ1) is 14.9. The van der Waals surface area contributed by atoms with Crippen LogP contribution in [0.1, 0.15) is 0 Å². The number of aromatic nitrogens is 5. The van der Waals surface area contributed by atoms with Crippen LogP contribution in [0.5, 0.6) is 0 Å². The van der Waals surface area contributed by atoms with E-state index in [0.717, 1.165) is 11.6 Å². The van der Waals surface area contributed by atoms with Gasteiger partial charge < -0.3 is 10.6 Å². The molecule has 9 nitrogen and oxygen atoms in total. The highest BCUT2D eigenvalue weighted by Gasteiger charge is 2.11. The van der Waals surface area contributed by atoms with Gasteiger partial charge in [-0.15, -0.1) is 0 Å². The van der Waals surface area contributed by atoms with Gasteiger partial charge in [0.2, 0.25) is 16.0 Å². The molecule has 0 radical (unpaired) electrons. The van der Waals surface area contributed by atoms with Crippen molar-refractivity contribution in [3.63, 3.8) is 0 Å². The lowest BCUT2D eigenvalue weighted by Crippen LogP contribution is -2.08. The second kappa shape index (κ2) is 7.06. The van der Waals surface area contributed by atoms with Gasteiger partial charge in [-0.25, -0.2) is 21.8 Å². The lowest BCUT2D eigenvalue weighted by Gasteiger charge is -2.08. The summed E-state index contributed by atoms with van der Waals surface area (Å²) in [4.78, 5) is 8.63. The predicted octanol–water partition coefficient (Wildman–Crippen LogP) is 3.74. The molecule has 2 aromatic carbocycles. The van der Waals surface area contributed by atoms with E-state index in [4.69, 9.17) is 0 Å². The molecule has 3 aromatic heterocycles. The minimum absolute atomic E-state index is 0.331. The maximum Gasteiger partial charge on any atom is 0.236 e. The van der Waals surface area contributed by atoms with E-state index in [2.05, 4.69) is 30.8 Å². The van der Waals surface area contributed by atoms with E-state index in [1.54, 1.807) is 36.5 Å². The highest BCUT2D eigenvalue weighted by Crippen LogP contribution is 2.26. The zero-order valence-electron chi connectivity index (χ0n) is 16.2. The number of anilines is 4. The average Bonchev–Trinajstić information content (AvgIpc) is 3.32. The summed E-state index contributed by atoms with van der Waals surface area (Å²) in [6.45, 7) is 0. The van der Waals surface area contributed by atoms with Crippen LogP contribution in [0.15, 0.2) is 60.9 Å². The first-order valence-corrected chi connectivity index (χ1v) is 11.0. The van der Waals surface area contributed by atoms with Gasteiger partial charge in [-0.3, -0.25) is 5.10 Å². The van der Waals surface area contributed by atoms with Crippen molar-refractivity contribution < 1.29 is 12.8 Å². The van der Waals surface area contributed by atoms with Crippen molar-refractivity contribution in [3.8, 4) is 0 Å². The van der Waals surface area contributed by atoms with E-state index >= 15 is 0 Å². The molecule has 0 unspecified atom stereocenters. The molecule has 0 spiro atoms. The normalized spacial score (nSPS) is 11.8. The van der Waals surface area contributed by atoms with Crippen molar-refractivity contribution in [1.82, 2.24) is 24.1 Å². The van der Waals surface area contributed by atoms with Gasteiger partial charge in [-0.05, 0) is 48.5 Å². The third kappa shape index (κ3) is 3.66. The Morgan fingerprint density at radius 2 is 1.94 bits per heavy atom. The molecule has 3 N–H and O–H groups in total. The van der Waals surface area contributed by atoms with Crippen molar-refractivity contribution in [2.24, 2.45) is 0 Å². The van der Waals surface area contributed by atoms with E-state index in [-0.39, 0.29) is 5.82 Å². The summed E-state index contributed by atoms with van der Waals surface area (Å²) in [5.41, 5.74) is 1.98. The highest BCUT2D eigenvalue weighted by atomic mass is 32.2. The zero-order chi connectivity index (χ0) is 21.6. The fraction of sp³-hybridized carbons (Fsp3) is 0.0500. The summed E-state index contributed by atoms with van der Waals surface area (Å²) < 4.78 is 38.5. The molecule has 0 aliphatic heterocycles. The molecule has 0 atom stereocenters. The molecule has 0 aliphatic carbocycles. The van der Waals surface area contributed by atoms with Crippen LogP contribution < -0.4 is 10.6 Å². The molecule has 0 bridgehead atoms. The van der Waals surface area contributed by atoms with Gasteiger partial charge in [0.05, 0.1) is 17.3 Å². The molecule has 5 rings (SSSR count). The van der Waals surface area contributed by atoms with Crippen LogP contribution in [-0.4, -0.2) is 38.8 Å². The number of H-pyrrole nitrogens is 1. The fourth-order valence-corrected chi connectivity index (χ4v) is 4.11. The SMILES string of the molecule is CS(=O)(=O)n1ccc2cc(Nc3nccc(Nc4n[nH]c5ccc(F)cc45)n3)ccc21. The summed E-state index contributed by atoms with van der Waals surface area (Å²) in [6, 6.07) is 13.0. The number of fused-ring (bicyclic) bond motifs is 2. The Kier molecular flexibility index (Phi) is 4.33. The lowest BCUT2D eigenvalue weighted by atomic mass is 10.2. The fourth-order valence-electron chi connectivity index (χ4n) is 3.30. The van der Waals surface area contributed by atoms with Crippen LogP contribution in [0.3, 0.4) is 0 Å². The lowest BCUT2D eigenvalue weighted by molar-refractivity contribution is 0.595. The van der Waals surface area contributed by atoms with Crippen molar-refractivity contribution in [2.75, 3.05) is 16.9 Å². The average molecular weight is 437 g/mol. The molecule has 0 fully saturated rings. The monoisotopic (exact) mass is 437 g/mol. The Bertz CT molecular complexity index is 1540. The van der Waals surface area contributed by atoms with E-state index in [1.807, 2.05) is 6.07 Å². The van der Waals surface area contributed by atoms with Gasteiger partial charge in [-0.2, -0.15) is 10.1 Å². The number of hydrogen-bond acceptors (Lipinski definition) is 7. The Balaban J connectivity index is 1.41. The summed E-state index contributed by atoms with van der Waals surface area (Å²) >= 11 is 0. The van der Waals surface area contributed by atoms with Gasteiger partial charge in [0.1, 0.15) is 11.6 Å². The van der Waals surface area contributed by atoms with Crippen LogP contribution in [0, 0.1) is 5.82 Å². The molecule has 156 valence electrons. The van der Waals surface area contributed by atoms with Gasteiger partial charge in [0.25, 0.3) is 0 Å². The van der Waals surface area contributed by atoms with Crippen molar-refractivity contribution in [2.45, 2.75) is 0 Å². The molecule has 0 saturated heterocycles. The Morgan fingerprint density at radius 3 is 2.77 bits per heavy atom. The number of nitrogens with zero attached hydrogens (tertiary/aromatic N) is 4. The van der Waals surface area contributed by atoms with Gasteiger partial charge in [0, 0.05) is 28.9 Å². The summed E-state index contributed by atoms with van der Waals surface area (Å²) in [6.07, 6.45) is 4.25. The van der Waals surface area contributed by atoms with E-state index in [1.165, 1.54) is 22.3 Å². The summed E-state index contributed by atoms with van der Waals surface area (Å²) in [7, 11) is -3.38. The highest BCUT2D eigenvalue weighted by molar-refractivity contribution is 7.89. The molecule has 0 amide bonds. The smallest absolute Gasteiger partial charge is 0.236 e. The minimum atomic E-state index is -3.38. The van der Waals surface area contributed by atoms with Crippen molar-refractivity contribution in [1.29, 1.82) is 0 Å². The number of aromatic amines is 1. The topological polar surface area (TPSA) is 118 Å². The zero-order valence-corrected chi connectivity index (χ0v) is 17.0. The summed E-state index contributed by atoms with van der Waals surface area (Å²) in [5.74, 6) is 0.891. The largest absolute Gasteiger partial charge is 0.324 e. The number of hydrogen-bond donors (Lipinski definition) is 3. The molecule has 5 aromatic rings. The minimum Gasteiger partial charge on any atom is -0.324 e. The van der Waals surface area contributed by atoms with Crippen LogP contribution >= 0.6 is 0 Å². The molecular formula is C20H16FN7O2S. The number of benzene rings is 2. The van der Waals surface area contributed by atoms with Gasteiger partial charge in [0.15, 0.2) is 5.82 Å². The van der Waals surface area contributed by atoms with E-state index in [0.29, 0.717) is 39.7 Å². The first kappa shape index (κ1) is 19.0. The van der Waals surface area contributed by atoms with Crippen LogP contribution in [-0.2, 0) is 10.0 Å². The number of rotatable bonds is 5. The van der Waals surface area contributed by atoms with Crippen molar-refractivity contribution in [3.05, 3.63) is 66.7 Å². The quantitative estimate of drug-likeness (QED) is 0.383. The molecule has 0 aliphatic rings. The number of halogens is 1. The molecule has 31 heavy (non-hydrogen) atoms. The second-order valence-corrected chi connectivity index (χ2v) is 8.79. The number of nitrogens with one attached hydrogen (secondary N) is 3. The maximum atomic E-state index is 13.6. The Morgan fingerprint density at radius 1 is 1.06 bits per heavy atom. The predicted molar refractivity (Wildman–Crippen MR) is 117 cm³/mol. The van der Waals surface area contributed by atoms with Crippen LogP contribution in [0.25, 0.3) is 21.8 Å².